The lowest BCUT2D eigenvalue weighted by Crippen LogP contribution is -2.58. The van der Waals surface area contributed by atoms with Crippen LogP contribution in [0, 0.1) is 0 Å². The second-order valence-electron chi connectivity index (χ2n) is 8.62. The fraction of sp³-hybridized carbons (Fsp3) is 0.179. The van der Waals surface area contributed by atoms with E-state index in [1.807, 2.05) is 89.4 Å². The minimum absolute atomic E-state index is 0.0803. The van der Waals surface area contributed by atoms with E-state index >= 15 is 0 Å². The lowest BCUT2D eigenvalue weighted by atomic mass is 9.79. The van der Waals surface area contributed by atoms with Crippen LogP contribution in [0.1, 0.15) is 17.7 Å². The van der Waals surface area contributed by atoms with Crippen LogP contribution in [-0.4, -0.2) is 36.1 Å². The van der Waals surface area contributed by atoms with Crippen molar-refractivity contribution < 1.29 is 14.3 Å². The fourth-order valence-corrected chi connectivity index (χ4v) is 6.36. The lowest BCUT2D eigenvalue weighted by Gasteiger charge is -2.39. The zero-order chi connectivity index (χ0) is 26.0. The lowest BCUT2D eigenvalue weighted by molar-refractivity contribution is -0.133. The number of nitrogens with one attached hydrogen (secondary N) is 1. The van der Waals surface area contributed by atoms with E-state index in [0.29, 0.717) is 21.4 Å². The molecule has 0 spiro atoms. The summed E-state index contributed by atoms with van der Waals surface area (Å²) in [6.07, 6.45) is 0.0803. The first-order valence-corrected chi connectivity index (χ1v) is 13.8. The number of hydrogen-bond donors (Lipinski definition) is 1. The van der Waals surface area contributed by atoms with Crippen LogP contribution in [0.3, 0.4) is 0 Å². The molecule has 0 saturated carbocycles. The van der Waals surface area contributed by atoms with Crippen LogP contribution in [0.5, 0.6) is 5.75 Å². The average molecular weight is 550 g/mol. The Morgan fingerprint density at radius 1 is 1.11 bits per heavy atom. The van der Waals surface area contributed by atoms with Crippen LogP contribution in [0.4, 0.5) is 11.5 Å². The molecule has 1 aliphatic heterocycles. The maximum atomic E-state index is 13.5. The number of Topliss-reactive ketones (excluding diaryl/α,β-unsaturated/α-hetero) is 1. The van der Waals surface area contributed by atoms with Crippen molar-refractivity contribution >= 4 is 57.9 Å². The Morgan fingerprint density at radius 3 is 2.65 bits per heavy atom. The number of carbonyl (C=O) groups excluding carboxylic acids is 2. The van der Waals surface area contributed by atoms with Crippen molar-refractivity contribution in [2.75, 3.05) is 19.1 Å². The minimum atomic E-state index is -1.07. The number of pyridine rings is 1. The van der Waals surface area contributed by atoms with E-state index in [-0.39, 0.29) is 18.1 Å². The van der Waals surface area contributed by atoms with Gasteiger partial charge in [-0.2, -0.15) is 11.3 Å². The smallest absolute Gasteiger partial charge is 0.242 e. The third-order valence-electron chi connectivity index (χ3n) is 6.36. The van der Waals surface area contributed by atoms with E-state index in [1.54, 1.807) is 13.2 Å². The topological polar surface area (TPSA) is 71.5 Å². The number of carbonyl (C=O) groups is 2. The molecular weight excluding hydrogens is 526 g/mol. The van der Waals surface area contributed by atoms with E-state index in [4.69, 9.17) is 21.3 Å². The molecule has 37 heavy (non-hydrogen) atoms. The number of benzene rings is 2. The second kappa shape index (κ2) is 10.6. The average Bonchev–Trinajstić information content (AvgIpc) is 3.47. The van der Waals surface area contributed by atoms with Crippen LogP contribution in [0.15, 0.2) is 88.5 Å². The molecule has 4 aromatic rings. The number of ketones is 1. The number of nitrogens with zero attached hydrogens (tertiary/aromatic N) is 2. The van der Waals surface area contributed by atoms with Gasteiger partial charge in [0.1, 0.15) is 22.4 Å². The first-order chi connectivity index (χ1) is 17.9. The van der Waals surface area contributed by atoms with Gasteiger partial charge in [0.05, 0.1) is 17.8 Å². The van der Waals surface area contributed by atoms with E-state index in [0.717, 1.165) is 17.0 Å². The molecule has 9 heteroatoms. The highest BCUT2D eigenvalue weighted by Crippen LogP contribution is 2.41. The van der Waals surface area contributed by atoms with Crippen molar-refractivity contribution in [1.82, 2.24) is 10.3 Å². The van der Waals surface area contributed by atoms with Gasteiger partial charge in [-0.05, 0) is 58.8 Å². The summed E-state index contributed by atoms with van der Waals surface area (Å²) in [4.78, 5) is 34.6. The van der Waals surface area contributed by atoms with Crippen molar-refractivity contribution in [1.29, 1.82) is 0 Å². The van der Waals surface area contributed by atoms with Gasteiger partial charge in [-0.25, -0.2) is 4.98 Å². The van der Waals surface area contributed by atoms with Crippen molar-refractivity contribution in [3.8, 4) is 5.75 Å². The summed E-state index contributed by atoms with van der Waals surface area (Å²) in [7, 11) is 3.54. The Bertz CT molecular complexity index is 1430. The number of ether oxygens (including phenoxy) is 1. The summed E-state index contributed by atoms with van der Waals surface area (Å²) >= 11 is 8.99. The summed E-state index contributed by atoms with van der Waals surface area (Å²) in [6, 6.07) is 22.5. The summed E-state index contributed by atoms with van der Waals surface area (Å²) in [5.74, 6) is 0.881. The fourth-order valence-electron chi connectivity index (χ4n) is 4.39. The standard InChI is InChI=1S/C28H24ClN3O3S2/c1-32(19-7-5-8-20(15-19)35-2)25-12-6-11-24(30-25)28(18-13-14-36-17-18)16-22(33)26(27(34)31-28)37-23-10-4-3-9-21(23)29/h3-15,17,26H,16H2,1-2H3,(H,31,34). The minimum Gasteiger partial charge on any atom is -0.497 e. The molecular formula is C28H24ClN3O3S2. The maximum Gasteiger partial charge on any atom is 0.242 e. The van der Waals surface area contributed by atoms with Crippen molar-refractivity contribution in [2.45, 2.75) is 22.1 Å². The predicted octanol–water partition coefficient (Wildman–Crippen LogP) is 6.07. The monoisotopic (exact) mass is 549 g/mol. The number of thiophene rings is 1. The molecule has 1 aliphatic rings. The molecule has 1 amide bonds. The molecule has 2 unspecified atom stereocenters. The first kappa shape index (κ1) is 25.3. The van der Waals surface area contributed by atoms with Crippen LogP contribution < -0.4 is 15.0 Å². The van der Waals surface area contributed by atoms with Crippen LogP contribution >= 0.6 is 34.7 Å². The van der Waals surface area contributed by atoms with Gasteiger partial charge in [-0.3, -0.25) is 9.59 Å². The van der Waals surface area contributed by atoms with Gasteiger partial charge in [0.25, 0.3) is 0 Å². The summed E-state index contributed by atoms with van der Waals surface area (Å²) in [6.45, 7) is 0. The molecule has 0 bridgehead atoms. The highest BCUT2D eigenvalue weighted by Gasteiger charge is 2.48. The van der Waals surface area contributed by atoms with Crippen LogP contribution in [0.2, 0.25) is 5.02 Å². The zero-order valence-corrected chi connectivity index (χ0v) is 22.6. The number of aromatic nitrogens is 1. The van der Waals surface area contributed by atoms with Gasteiger partial charge in [-0.15, -0.1) is 11.8 Å². The number of rotatable bonds is 7. The number of thioether (sulfide) groups is 1. The van der Waals surface area contributed by atoms with Gasteiger partial charge < -0.3 is 15.0 Å². The van der Waals surface area contributed by atoms with E-state index < -0.39 is 10.8 Å². The highest BCUT2D eigenvalue weighted by molar-refractivity contribution is 8.01. The van der Waals surface area contributed by atoms with Crippen molar-refractivity contribution in [2.24, 2.45) is 0 Å². The molecule has 2 aromatic carbocycles. The third-order valence-corrected chi connectivity index (χ3v) is 8.81. The molecule has 3 heterocycles. The summed E-state index contributed by atoms with van der Waals surface area (Å²) < 4.78 is 5.37. The molecule has 0 aliphatic carbocycles. The first-order valence-electron chi connectivity index (χ1n) is 11.6. The van der Waals surface area contributed by atoms with Crippen molar-refractivity contribution in [3.05, 3.63) is 99.8 Å². The van der Waals surface area contributed by atoms with E-state index in [1.165, 1.54) is 23.1 Å². The van der Waals surface area contributed by atoms with Gasteiger partial charge in [0, 0.05) is 30.1 Å². The number of anilines is 2. The van der Waals surface area contributed by atoms with Gasteiger partial charge in [-0.1, -0.05) is 35.9 Å². The van der Waals surface area contributed by atoms with E-state index in [9.17, 15) is 9.59 Å². The molecule has 1 saturated heterocycles. The van der Waals surface area contributed by atoms with Gasteiger partial charge in [0.2, 0.25) is 5.91 Å². The number of hydrogen-bond acceptors (Lipinski definition) is 7. The molecule has 2 atom stereocenters. The number of halogens is 1. The molecule has 188 valence electrons. The van der Waals surface area contributed by atoms with Gasteiger partial charge >= 0.3 is 0 Å². The van der Waals surface area contributed by atoms with Crippen molar-refractivity contribution in [3.63, 3.8) is 0 Å². The maximum absolute atomic E-state index is 13.5. The van der Waals surface area contributed by atoms with Crippen LogP contribution in [-0.2, 0) is 15.1 Å². The summed E-state index contributed by atoms with van der Waals surface area (Å²) in [5, 5.41) is 6.68. The SMILES string of the molecule is COc1cccc(N(C)c2cccc(C3(c4ccsc4)CC(=O)C(Sc4ccccc4Cl)C(=O)N3)n2)c1. The molecule has 0 radical (unpaired) electrons. The third kappa shape index (κ3) is 4.97. The molecule has 1 N–H and O–H groups in total. The van der Waals surface area contributed by atoms with Gasteiger partial charge in [0.15, 0.2) is 5.78 Å². The molecule has 5 rings (SSSR count). The van der Waals surface area contributed by atoms with Crippen LogP contribution in [0.25, 0.3) is 0 Å². The Labute approximate surface area is 228 Å². The Kier molecular flexibility index (Phi) is 7.24. The normalized spacial score (nSPS) is 19.4. The molecule has 1 fully saturated rings. The highest BCUT2D eigenvalue weighted by atomic mass is 35.5. The Morgan fingerprint density at radius 2 is 1.92 bits per heavy atom. The molecule has 2 aromatic heterocycles. The van der Waals surface area contributed by atoms with E-state index in [2.05, 4.69) is 5.32 Å². The number of methoxy groups -OCH3 is 1. The second-order valence-corrected chi connectivity index (χ2v) is 11.0. The number of amides is 1. The zero-order valence-electron chi connectivity index (χ0n) is 20.2. The summed E-state index contributed by atoms with van der Waals surface area (Å²) in [5.41, 5.74) is 1.25. The Hall–Kier alpha value is -3.33. The quantitative estimate of drug-likeness (QED) is 0.282. The predicted molar refractivity (Wildman–Crippen MR) is 149 cm³/mol. The molecule has 6 nitrogen and oxygen atoms in total. The Balaban J connectivity index is 1.51. The number of piperidine rings is 1. The largest absolute Gasteiger partial charge is 0.497 e.